The molecule has 5 nitrogen and oxygen atoms in total. The average molecular weight is 283 g/mol. The van der Waals surface area contributed by atoms with E-state index >= 15 is 0 Å². The van der Waals surface area contributed by atoms with Gasteiger partial charge >= 0.3 is 6.03 Å². The van der Waals surface area contributed by atoms with Gasteiger partial charge in [-0.2, -0.15) is 0 Å². The van der Waals surface area contributed by atoms with Gasteiger partial charge in [-0.05, 0) is 38.6 Å². The Labute approximate surface area is 122 Å². The van der Waals surface area contributed by atoms with Gasteiger partial charge in [0.25, 0.3) is 0 Å². The number of amides is 2. The molecule has 20 heavy (non-hydrogen) atoms. The van der Waals surface area contributed by atoms with Crippen LogP contribution in [0.25, 0.3) is 0 Å². The van der Waals surface area contributed by atoms with Gasteiger partial charge < -0.3 is 20.6 Å². The lowest BCUT2D eigenvalue weighted by Crippen LogP contribution is -2.53. The highest BCUT2D eigenvalue weighted by Crippen LogP contribution is 2.18. The molecular weight excluding hydrogens is 254 g/mol. The summed E-state index contributed by atoms with van der Waals surface area (Å²) < 4.78 is 0. The lowest BCUT2D eigenvalue weighted by Gasteiger charge is -2.33. The third-order valence-electron chi connectivity index (χ3n) is 4.51. The molecule has 0 unspecified atom stereocenters. The zero-order valence-corrected chi connectivity index (χ0v) is 12.6. The number of piperidine rings is 1. The van der Waals surface area contributed by atoms with Crippen molar-refractivity contribution in [1.82, 2.24) is 15.5 Å². The van der Waals surface area contributed by atoms with Crippen molar-refractivity contribution in [2.24, 2.45) is 0 Å². The Morgan fingerprint density at radius 3 is 2.50 bits per heavy atom. The second-order valence-corrected chi connectivity index (χ2v) is 6.19. The van der Waals surface area contributed by atoms with Crippen LogP contribution in [0.15, 0.2) is 0 Å². The van der Waals surface area contributed by atoms with Gasteiger partial charge in [0.05, 0.1) is 12.1 Å². The number of carbonyl (C=O) groups is 1. The van der Waals surface area contributed by atoms with Gasteiger partial charge in [0.2, 0.25) is 0 Å². The Balaban J connectivity index is 1.67. The van der Waals surface area contributed by atoms with Crippen LogP contribution in [0.4, 0.5) is 4.79 Å². The van der Waals surface area contributed by atoms with Crippen molar-refractivity contribution >= 4 is 6.03 Å². The van der Waals surface area contributed by atoms with Gasteiger partial charge in [0.1, 0.15) is 0 Å². The first-order valence-electron chi connectivity index (χ1n) is 8.16. The summed E-state index contributed by atoms with van der Waals surface area (Å²) in [5, 5.41) is 15.9. The minimum atomic E-state index is -0.374. The molecule has 2 fully saturated rings. The van der Waals surface area contributed by atoms with Crippen molar-refractivity contribution in [3.05, 3.63) is 0 Å². The van der Waals surface area contributed by atoms with E-state index < -0.39 is 0 Å². The summed E-state index contributed by atoms with van der Waals surface area (Å²) in [7, 11) is 0. The maximum atomic E-state index is 12.0. The van der Waals surface area contributed by atoms with E-state index in [0.29, 0.717) is 0 Å². The predicted octanol–water partition coefficient (Wildman–Crippen LogP) is 1.46. The highest BCUT2D eigenvalue weighted by molar-refractivity contribution is 5.74. The Morgan fingerprint density at radius 2 is 1.85 bits per heavy atom. The molecule has 1 heterocycles. The smallest absolute Gasteiger partial charge is 0.315 e. The summed E-state index contributed by atoms with van der Waals surface area (Å²) in [4.78, 5) is 14.4. The standard InChI is InChI=1S/C15H29N3O2/c1-2-9-18-10-7-12(8-11-18)16-15(20)17-13-5-3-4-6-14(13)19/h12-14,19H,2-11H2,1H3,(H2,16,17,20)/t13-,14-/m1/s1. The number of nitrogens with zero attached hydrogens (tertiary/aromatic N) is 1. The van der Waals surface area contributed by atoms with Crippen LogP contribution in [0.1, 0.15) is 51.9 Å². The van der Waals surface area contributed by atoms with Gasteiger partial charge in [-0.15, -0.1) is 0 Å². The monoisotopic (exact) mass is 283 g/mol. The van der Waals surface area contributed by atoms with Gasteiger partial charge in [-0.1, -0.05) is 19.8 Å². The Morgan fingerprint density at radius 1 is 1.15 bits per heavy atom. The van der Waals surface area contributed by atoms with E-state index in [0.717, 1.165) is 58.2 Å². The second-order valence-electron chi connectivity index (χ2n) is 6.19. The maximum absolute atomic E-state index is 12.0. The van der Waals surface area contributed by atoms with Crippen molar-refractivity contribution in [1.29, 1.82) is 0 Å². The average Bonchev–Trinajstić information content (AvgIpc) is 2.44. The van der Waals surface area contributed by atoms with E-state index in [9.17, 15) is 9.90 Å². The molecule has 0 aromatic heterocycles. The molecule has 5 heteroatoms. The molecule has 0 bridgehead atoms. The Kier molecular flexibility index (Phi) is 6.10. The number of hydrogen-bond donors (Lipinski definition) is 3. The molecular formula is C15H29N3O2. The van der Waals surface area contributed by atoms with E-state index in [4.69, 9.17) is 0 Å². The number of aliphatic hydroxyl groups excluding tert-OH is 1. The Bertz CT molecular complexity index is 303. The van der Waals surface area contributed by atoms with E-state index in [-0.39, 0.29) is 24.2 Å². The number of nitrogens with one attached hydrogen (secondary N) is 2. The Hall–Kier alpha value is -0.810. The fourth-order valence-electron chi connectivity index (χ4n) is 3.29. The number of carbonyl (C=O) groups excluding carboxylic acids is 1. The zero-order valence-electron chi connectivity index (χ0n) is 12.6. The quantitative estimate of drug-likeness (QED) is 0.732. The number of aliphatic hydroxyl groups is 1. The molecule has 1 saturated carbocycles. The molecule has 0 radical (unpaired) electrons. The van der Waals surface area contributed by atoms with E-state index in [2.05, 4.69) is 22.5 Å². The normalized spacial score (nSPS) is 29.1. The van der Waals surface area contributed by atoms with Crippen LogP contribution in [-0.2, 0) is 0 Å². The first kappa shape index (κ1) is 15.6. The minimum Gasteiger partial charge on any atom is -0.391 e. The van der Waals surface area contributed by atoms with E-state index in [1.807, 2.05) is 0 Å². The third kappa shape index (κ3) is 4.63. The highest BCUT2D eigenvalue weighted by atomic mass is 16.3. The largest absolute Gasteiger partial charge is 0.391 e. The molecule has 2 aliphatic rings. The van der Waals surface area contributed by atoms with Crippen LogP contribution in [0.5, 0.6) is 0 Å². The fourth-order valence-corrected chi connectivity index (χ4v) is 3.29. The van der Waals surface area contributed by atoms with Gasteiger partial charge in [-0.25, -0.2) is 4.79 Å². The molecule has 1 saturated heterocycles. The summed E-state index contributed by atoms with van der Waals surface area (Å²) in [6, 6.07) is 0.109. The third-order valence-corrected chi connectivity index (χ3v) is 4.51. The lowest BCUT2D eigenvalue weighted by atomic mass is 9.93. The van der Waals surface area contributed by atoms with Crippen LogP contribution in [0.3, 0.4) is 0 Å². The van der Waals surface area contributed by atoms with Gasteiger partial charge in [0.15, 0.2) is 0 Å². The van der Waals surface area contributed by atoms with E-state index in [1.165, 1.54) is 6.42 Å². The van der Waals surface area contributed by atoms with Crippen molar-refractivity contribution in [3.63, 3.8) is 0 Å². The van der Waals surface area contributed by atoms with Gasteiger partial charge in [0, 0.05) is 19.1 Å². The first-order valence-corrected chi connectivity index (χ1v) is 8.16. The molecule has 0 spiro atoms. The number of urea groups is 1. The molecule has 1 aliphatic carbocycles. The van der Waals surface area contributed by atoms with Crippen molar-refractivity contribution in [2.75, 3.05) is 19.6 Å². The summed E-state index contributed by atoms with van der Waals surface area (Å²) in [6.07, 6.45) is 6.73. The number of hydrogen-bond acceptors (Lipinski definition) is 3. The van der Waals surface area contributed by atoms with Crippen LogP contribution < -0.4 is 10.6 Å². The molecule has 2 atom stereocenters. The van der Waals surface area contributed by atoms with E-state index in [1.54, 1.807) is 0 Å². The van der Waals surface area contributed by atoms with Crippen LogP contribution in [0, 0.1) is 0 Å². The topological polar surface area (TPSA) is 64.6 Å². The molecule has 1 aliphatic heterocycles. The number of likely N-dealkylation sites (tertiary alicyclic amines) is 1. The van der Waals surface area contributed by atoms with Crippen LogP contribution in [0.2, 0.25) is 0 Å². The summed E-state index contributed by atoms with van der Waals surface area (Å²) in [6.45, 7) is 5.51. The van der Waals surface area contributed by atoms with Crippen molar-refractivity contribution in [3.8, 4) is 0 Å². The van der Waals surface area contributed by atoms with Crippen LogP contribution in [-0.4, -0.2) is 53.9 Å². The van der Waals surface area contributed by atoms with Crippen molar-refractivity contribution < 1.29 is 9.90 Å². The van der Waals surface area contributed by atoms with Crippen molar-refractivity contribution in [2.45, 2.75) is 70.1 Å². The van der Waals surface area contributed by atoms with Crippen LogP contribution >= 0.6 is 0 Å². The number of rotatable bonds is 4. The molecule has 3 N–H and O–H groups in total. The molecule has 2 rings (SSSR count). The molecule has 0 aromatic carbocycles. The summed E-state index contributed by atoms with van der Waals surface area (Å²) in [5.41, 5.74) is 0. The molecule has 2 amide bonds. The molecule has 116 valence electrons. The first-order chi connectivity index (χ1) is 9.69. The second kappa shape index (κ2) is 7.84. The highest BCUT2D eigenvalue weighted by Gasteiger charge is 2.26. The molecule has 0 aromatic rings. The summed E-state index contributed by atoms with van der Waals surface area (Å²) >= 11 is 0. The predicted molar refractivity (Wildman–Crippen MR) is 79.7 cm³/mol. The summed E-state index contributed by atoms with van der Waals surface area (Å²) in [5.74, 6) is 0. The lowest BCUT2D eigenvalue weighted by molar-refractivity contribution is 0.0935. The minimum absolute atomic E-state index is 0.0658. The zero-order chi connectivity index (χ0) is 14.4. The SMILES string of the molecule is CCCN1CCC(NC(=O)N[C@@H]2CCCC[C@H]2O)CC1. The maximum Gasteiger partial charge on any atom is 0.315 e. The van der Waals surface area contributed by atoms with Gasteiger partial charge in [-0.3, -0.25) is 0 Å². The fraction of sp³-hybridized carbons (Fsp3) is 0.933.